The molecule has 0 saturated heterocycles. The van der Waals surface area contributed by atoms with Gasteiger partial charge in [-0.05, 0) is 43.9 Å². The molecule has 1 aromatic carbocycles. The molecule has 2 rings (SSSR count). The first-order valence-corrected chi connectivity index (χ1v) is 8.54. The van der Waals surface area contributed by atoms with E-state index in [4.69, 9.17) is 5.73 Å². The minimum absolute atomic E-state index is 0.383. The van der Waals surface area contributed by atoms with Gasteiger partial charge in [0.05, 0.1) is 4.90 Å². The summed E-state index contributed by atoms with van der Waals surface area (Å²) in [5, 5.41) is 0. The van der Waals surface area contributed by atoms with E-state index >= 15 is 0 Å². The van der Waals surface area contributed by atoms with Gasteiger partial charge in [-0.1, -0.05) is 25.0 Å². The molecule has 0 radical (unpaired) electrons. The average molecular weight is 296 g/mol. The van der Waals surface area contributed by atoms with E-state index in [1.54, 1.807) is 13.1 Å². The molecule has 5 heteroatoms. The van der Waals surface area contributed by atoms with E-state index < -0.39 is 15.6 Å². The fourth-order valence-electron chi connectivity index (χ4n) is 3.07. The van der Waals surface area contributed by atoms with Crippen molar-refractivity contribution in [2.75, 3.05) is 13.6 Å². The Morgan fingerprint density at radius 1 is 1.25 bits per heavy atom. The second kappa shape index (κ2) is 5.47. The van der Waals surface area contributed by atoms with Crippen LogP contribution in [0, 0.1) is 13.8 Å². The third-order valence-corrected chi connectivity index (χ3v) is 6.67. The molecular weight excluding hydrogens is 272 g/mol. The largest absolute Gasteiger partial charge is 0.329 e. The van der Waals surface area contributed by atoms with E-state index in [-0.39, 0.29) is 0 Å². The van der Waals surface area contributed by atoms with E-state index in [9.17, 15) is 8.42 Å². The number of nitrogens with zero attached hydrogens (tertiary/aromatic N) is 1. The molecule has 0 atom stereocenters. The van der Waals surface area contributed by atoms with Crippen molar-refractivity contribution in [2.24, 2.45) is 5.73 Å². The molecule has 0 bridgehead atoms. The molecule has 0 spiro atoms. The Balaban J connectivity index is 2.46. The van der Waals surface area contributed by atoms with Gasteiger partial charge >= 0.3 is 0 Å². The van der Waals surface area contributed by atoms with Crippen LogP contribution in [0.2, 0.25) is 0 Å². The van der Waals surface area contributed by atoms with Gasteiger partial charge in [0.1, 0.15) is 0 Å². The number of hydrogen-bond acceptors (Lipinski definition) is 3. The standard InChI is InChI=1S/C15H24N2O2S/c1-12-6-7-13(2)14(10-12)20(18,19)17(3)15(11-16)8-4-5-9-15/h6-7,10H,4-5,8-9,11,16H2,1-3H3. The van der Waals surface area contributed by atoms with Crippen molar-refractivity contribution in [1.29, 1.82) is 0 Å². The van der Waals surface area contributed by atoms with E-state index in [0.717, 1.165) is 36.8 Å². The summed E-state index contributed by atoms with van der Waals surface area (Å²) in [6.45, 7) is 4.13. The van der Waals surface area contributed by atoms with Gasteiger partial charge in [-0.2, -0.15) is 4.31 Å². The topological polar surface area (TPSA) is 63.4 Å². The number of sulfonamides is 1. The Bertz CT molecular complexity index is 590. The highest BCUT2D eigenvalue weighted by molar-refractivity contribution is 7.89. The van der Waals surface area contributed by atoms with Crippen LogP contribution >= 0.6 is 0 Å². The molecule has 0 aromatic heterocycles. The lowest BCUT2D eigenvalue weighted by molar-refractivity contribution is 0.230. The van der Waals surface area contributed by atoms with Gasteiger partial charge < -0.3 is 5.73 Å². The van der Waals surface area contributed by atoms with Crippen molar-refractivity contribution in [3.05, 3.63) is 29.3 Å². The summed E-state index contributed by atoms with van der Waals surface area (Å²) in [4.78, 5) is 0.403. The molecule has 0 amide bonds. The zero-order valence-electron chi connectivity index (χ0n) is 12.5. The van der Waals surface area contributed by atoms with E-state index in [0.29, 0.717) is 11.4 Å². The third kappa shape index (κ3) is 2.50. The van der Waals surface area contributed by atoms with Crippen molar-refractivity contribution >= 4 is 10.0 Å². The first-order chi connectivity index (χ1) is 9.33. The molecule has 1 saturated carbocycles. The maximum absolute atomic E-state index is 12.9. The Hall–Kier alpha value is -0.910. The number of hydrogen-bond donors (Lipinski definition) is 1. The molecule has 20 heavy (non-hydrogen) atoms. The average Bonchev–Trinajstić information content (AvgIpc) is 2.90. The highest BCUT2D eigenvalue weighted by Crippen LogP contribution is 2.37. The highest BCUT2D eigenvalue weighted by atomic mass is 32.2. The molecule has 4 nitrogen and oxygen atoms in total. The van der Waals surface area contributed by atoms with Crippen molar-refractivity contribution < 1.29 is 8.42 Å². The van der Waals surface area contributed by atoms with E-state index in [2.05, 4.69) is 0 Å². The summed E-state index contributed by atoms with van der Waals surface area (Å²) in [5.74, 6) is 0. The summed E-state index contributed by atoms with van der Waals surface area (Å²) in [6, 6.07) is 5.54. The Morgan fingerprint density at radius 3 is 2.40 bits per heavy atom. The molecule has 0 heterocycles. The first-order valence-electron chi connectivity index (χ1n) is 7.10. The van der Waals surface area contributed by atoms with Gasteiger partial charge in [-0.15, -0.1) is 0 Å². The van der Waals surface area contributed by atoms with E-state index in [1.807, 2.05) is 26.0 Å². The predicted molar refractivity (Wildman–Crippen MR) is 81.1 cm³/mol. The van der Waals surface area contributed by atoms with Gasteiger partial charge in [0.15, 0.2) is 0 Å². The number of nitrogens with two attached hydrogens (primary N) is 1. The van der Waals surface area contributed by atoms with Crippen LogP contribution in [0.25, 0.3) is 0 Å². The molecule has 1 aliphatic carbocycles. The third-order valence-electron chi connectivity index (χ3n) is 4.56. The molecule has 2 N–H and O–H groups in total. The minimum atomic E-state index is -3.49. The lowest BCUT2D eigenvalue weighted by Crippen LogP contribution is -2.52. The molecule has 1 aliphatic rings. The van der Waals surface area contributed by atoms with Crippen LogP contribution in [0.5, 0.6) is 0 Å². The summed E-state index contributed by atoms with van der Waals surface area (Å²) >= 11 is 0. The maximum Gasteiger partial charge on any atom is 0.243 e. The SMILES string of the molecule is Cc1ccc(C)c(S(=O)(=O)N(C)C2(CN)CCCC2)c1. The fraction of sp³-hybridized carbons (Fsp3) is 0.600. The monoisotopic (exact) mass is 296 g/mol. The van der Waals surface area contributed by atoms with Crippen LogP contribution in [-0.2, 0) is 10.0 Å². The summed E-state index contributed by atoms with van der Waals surface area (Å²) in [5.41, 5.74) is 7.24. The molecule has 0 unspecified atom stereocenters. The number of rotatable bonds is 4. The predicted octanol–water partition coefficient (Wildman–Crippen LogP) is 2.20. The van der Waals surface area contributed by atoms with Crippen LogP contribution in [0.3, 0.4) is 0 Å². The van der Waals surface area contributed by atoms with Crippen LogP contribution in [0.15, 0.2) is 23.1 Å². The molecule has 112 valence electrons. The smallest absolute Gasteiger partial charge is 0.243 e. The number of benzene rings is 1. The van der Waals surface area contributed by atoms with Crippen molar-refractivity contribution in [1.82, 2.24) is 4.31 Å². The molecule has 1 aromatic rings. The van der Waals surface area contributed by atoms with Gasteiger partial charge in [-0.3, -0.25) is 0 Å². The maximum atomic E-state index is 12.9. The Kier molecular flexibility index (Phi) is 4.23. The van der Waals surface area contributed by atoms with Gasteiger partial charge in [0, 0.05) is 19.1 Å². The number of aryl methyl sites for hydroxylation is 2. The summed E-state index contributed by atoms with van der Waals surface area (Å²) < 4.78 is 27.4. The molecular formula is C15H24N2O2S. The van der Waals surface area contributed by atoms with Gasteiger partial charge in [0.2, 0.25) is 10.0 Å². The number of likely N-dealkylation sites (N-methyl/N-ethyl adjacent to an activating group) is 1. The second-order valence-corrected chi connectivity index (χ2v) is 7.81. The summed E-state index contributed by atoms with van der Waals surface area (Å²) in [6.07, 6.45) is 3.79. The van der Waals surface area contributed by atoms with Crippen molar-refractivity contribution in [3.63, 3.8) is 0 Å². The fourth-order valence-corrected chi connectivity index (χ4v) is 4.94. The van der Waals surface area contributed by atoms with E-state index in [1.165, 1.54) is 4.31 Å². The zero-order chi connectivity index (χ0) is 15.0. The van der Waals surface area contributed by atoms with Crippen LogP contribution in [0.1, 0.15) is 36.8 Å². The lowest BCUT2D eigenvalue weighted by atomic mass is 9.98. The Labute approximate surface area is 122 Å². The van der Waals surface area contributed by atoms with Crippen LogP contribution < -0.4 is 5.73 Å². The molecule has 1 fully saturated rings. The highest BCUT2D eigenvalue weighted by Gasteiger charge is 2.43. The Morgan fingerprint density at radius 2 is 1.85 bits per heavy atom. The normalized spacial score (nSPS) is 18.6. The van der Waals surface area contributed by atoms with Crippen LogP contribution in [0.4, 0.5) is 0 Å². The minimum Gasteiger partial charge on any atom is -0.329 e. The lowest BCUT2D eigenvalue weighted by Gasteiger charge is -2.37. The van der Waals surface area contributed by atoms with Crippen molar-refractivity contribution in [2.45, 2.75) is 50.0 Å². The first kappa shape index (κ1) is 15.5. The van der Waals surface area contributed by atoms with Crippen LogP contribution in [-0.4, -0.2) is 31.9 Å². The van der Waals surface area contributed by atoms with Gasteiger partial charge in [0.25, 0.3) is 0 Å². The summed E-state index contributed by atoms with van der Waals surface area (Å²) in [7, 11) is -1.82. The molecule has 0 aliphatic heterocycles. The van der Waals surface area contributed by atoms with Crippen molar-refractivity contribution in [3.8, 4) is 0 Å². The zero-order valence-corrected chi connectivity index (χ0v) is 13.3. The second-order valence-electron chi connectivity index (χ2n) is 5.88. The quantitative estimate of drug-likeness (QED) is 0.926. The van der Waals surface area contributed by atoms with Gasteiger partial charge in [-0.25, -0.2) is 8.42 Å².